The Hall–Kier alpha value is -1.84. The summed E-state index contributed by atoms with van der Waals surface area (Å²) in [4.78, 5) is 21.5. The van der Waals surface area contributed by atoms with Crippen molar-refractivity contribution in [1.29, 1.82) is 0 Å². The van der Waals surface area contributed by atoms with Crippen LogP contribution in [0, 0.1) is 0 Å². The van der Waals surface area contributed by atoms with Crippen LogP contribution in [0.3, 0.4) is 0 Å². The number of nitrogens with one attached hydrogen (secondary N) is 2. The number of anilines is 1. The van der Waals surface area contributed by atoms with Crippen molar-refractivity contribution in [3.05, 3.63) is 17.2 Å². The summed E-state index contributed by atoms with van der Waals surface area (Å²) in [5.74, 6) is -1.81. The zero-order valence-electron chi connectivity index (χ0n) is 12.0. The molecule has 1 rings (SSSR count). The number of carboxylic acid groups (broad SMARTS) is 1. The van der Waals surface area contributed by atoms with E-state index in [0.29, 0.717) is 0 Å². The van der Waals surface area contributed by atoms with Gasteiger partial charge in [0, 0.05) is 13.0 Å². The quantitative estimate of drug-likeness (QED) is 0.705. The maximum Gasteiger partial charge on any atom is 0.321 e. The maximum absolute atomic E-state index is 12.2. The molecular weight excluding hydrogens is 336 g/mol. The van der Waals surface area contributed by atoms with E-state index in [1.807, 2.05) is 4.72 Å². The predicted molar refractivity (Wildman–Crippen MR) is 79.7 cm³/mol. The molecule has 0 aliphatic heterocycles. The number of rotatable bonds is 6. The van der Waals surface area contributed by atoms with Crippen molar-refractivity contribution < 1.29 is 27.9 Å². The van der Waals surface area contributed by atoms with Gasteiger partial charge in [-0.2, -0.15) is 4.72 Å². The molecule has 1 aromatic carbocycles. The monoisotopic (exact) mass is 350 g/mol. The first-order chi connectivity index (χ1) is 10.1. The van der Waals surface area contributed by atoms with E-state index in [2.05, 4.69) is 5.32 Å². The molecule has 0 bridgehead atoms. The number of sulfonamides is 1. The van der Waals surface area contributed by atoms with Crippen LogP contribution in [0.2, 0.25) is 5.02 Å². The third-order valence-corrected chi connectivity index (χ3v) is 4.43. The number of amides is 1. The van der Waals surface area contributed by atoms with Gasteiger partial charge in [0.2, 0.25) is 15.9 Å². The van der Waals surface area contributed by atoms with Crippen molar-refractivity contribution in [2.24, 2.45) is 0 Å². The first kappa shape index (κ1) is 18.2. The van der Waals surface area contributed by atoms with Gasteiger partial charge < -0.3 is 15.2 Å². The lowest BCUT2D eigenvalue weighted by Crippen LogP contribution is -2.38. The Morgan fingerprint density at radius 1 is 1.36 bits per heavy atom. The number of aliphatic carboxylic acids is 1. The maximum atomic E-state index is 12.2. The zero-order chi connectivity index (χ0) is 17.1. The smallest absolute Gasteiger partial charge is 0.321 e. The van der Waals surface area contributed by atoms with Crippen LogP contribution in [-0.2, 0) is 19.6 Å². The zero-order valence-corrected chi connectivity index (χ0v) is 13.6. The molecule has 3 N–H and O–H groups in total. The van der Waals surface area contributed by atoms with Crippen molar-refractivity contribution >= 4 is 39.2 Å². The van der Waals surface area contributed by atoms with E-state index in [1.165, 1.54) is 27.0 Å². The van der Waals surface area contributed by atoms with E-state index >= 15 is 0 Å². The average molecular weight is 351 g/mol. The standard InChI is InChI=1S/C12H15ClN2O6S/c1-6(12(17)18)15-22(19,20)11-4-8(13)9(14-7(2)16)5-10(11)21-3/h4-6,15H,1-3H3,(H,14,16)(H,17,18)/t6-/m0/s1. The predicted octanol–water partition coefficient (Wildman–Crippen LogP) is 1.06. The first-order valence-electron chi connectivity index (χ1n) is 5.98. The number of benzene rings is 1. The van der Waals surface area contributed by atoms with Crippen LogP contribution in [0.15, 0.2) is 17.0 Å². The molecule has 0 saturated heterocycles. The third kappa shape index (κ3) is 4.33. The van der Waals surface area contributed by atoms with Crippen molar-refractivity contribution in [1.82, 2.24) is 4.72 Å². The van der Waals surface area contributed by atoms with Gasteiger partial charge in [-0.3, -0.25) is 9.59 Å². The Bertz CT molecular complexity index is 704. The van der Waals surface area contributed by atoms with Crippen molar-refractivity contribution in [3.63, 3.8) is 0 Å². The molecule has 10 heteroatoms. The summed E-state index contributed by atoms with van der Waals surface area (Å²) in [5.41, 5.74) is 0.177. The van der Waals surface area contributed by atoms with Crippen molar-refractivity contribution in [2.45, 2.75) is 24.8 Å². The molecule has 1 aromatic rings. The minimum Gasteiger partial charge on any atom is -0.495 e. The van der Waals surface area contributed by atoms with E-state index in [9.17, 15) is 18.0 Å². The Kier molecular flexibility index (Phi) is 5.75. The number of hydrogen-bond acceptors (Lipinski definition) is 5. The van der Waals surface area contributed by atoms with Crippen LogP contribution < -0.4 is 14.8 Å². The fraction of sp³-hybridized carbons (Fsp3) is 0.333. The molecule has 8 nitrogen and oxygen atoms in total. The van der Waals surface area contributed by atoms with Crippen LogP contribution >= 0.6 is 11.6 Å². The van der Waals surface area contributed by atoms with Gasteiger partial charge in [0.05, 0.1) is 17.8 Å². The van der Waals surface area contributed by atoms with E-state index in [4.69, 9.17) is 21.4 Å². The van der Waals surface area contributed by atoms with E-state index in [0.717, 1.165) is 6.07 Å². The number of ether oxygens (including phenoxy) is 1. The largest absolute Gasteiger partial charge is 0.495 e. The van der Waals surface area contributed by atoms with Crippen molar-refractivity contribution in [3.8, 4) is 5.75 Å². The lowest BCUT2D eigenvalue weighted by atomic mass is 10.3. The number of carbonyl (C=O) groups is 2. The van der Waals surface area contributed by atoms with Gasteiger partial charge in [-0.1, -0.05) is 11.6 Å². The number of carboxylic acids is 1. The molecule has 0 fully saturated rings. The normalized spacial score (nSPS) is 12.5. The van der Waals surface area contributed by atoms with Gasteiger partial charge in [0.1, 0.15) is 16.7 Å². The molecule has 22 heavy (non-hydrogen) atoms. The Morgan fingerprint density at radius 2 is 1.95 bits per heavy atom. The lowest BCUT2D eigenvalue weighted by molar-refractivity contribution is -0.138. The summed E-state index contributed by atoms with van der Waals surface area (Å²) in [6, 6.07) is 0.982. The highest BCUT2D eigenvalue weighted by molar-refractivity contribution is 7.89. The molecule has 0 unspecified atom stereocenters. The molecule has 0 aliphatic carbocycles. The highest BCUT2D eigenvalue weighted by Crippen LogP contribution is 2.33. The van der Waals surface area contributed by atoms with Gasteiger partial charge in [-0.25, -0.2) is 8.42 Å². The molecule has 1 atom stereocenters. The molecule has 0 aromatic heterocycles. The molecule has 0 heterocycles. The summed E-state index contributed by atoms with van der Waals surface area (Å²) >= 11 is 5.93. The second kappa shape index (κ2) is 6.95. The lowest BCUT2D eigenvalue weighted by Gasteiger charge is -2.15. The molecule has 122 valence electrons. The van der Waals surface area contributed by atoms with Crippen LogP contribution in [0.4, 0.5) is 5.69 Å². The third-order valence-electron chi connectivity index (χ3n) is 2.56. The highest BCUT2D eigenvalue weighted by atomic mass is 35.5. The van der Waals surface area contributed by atoms with Crippen LogP contribution in [0.1, 0.15) is 13.8 Å². The van der Waals surface area contributed by atoms with Crippen molar-refractivity contribution in [2.75, 3.05) is 12.4 Å². The molecular formula is C12H15ClN2O6S. The first-order valence-corrected chi connectivity index (χ1v) is 7.85. The molecule has 0 radical (unpaired) electrons. The summed E-state index contributed by atoms with van der Waals surface area (Å²) in [5, 5.41) is 11.2. The van der Waals surface area contributed by atoms with E-state index < -0.39 is 27.9 Å². The summed E-state index contributed by atoms with van der Waals surface area (Å²) in [6.45, 7) is 2.45. The highest BCUT2D eigenvalue weighted by Gasteiger charge is 2.26. The number of halogens is 1. The number of methoxy groups -OCH3 is 1. The minimum absolute atomic E-state index is 0.0284. The fourth-order valence-electron chi connectivity index (χ4n) is 1.54. The molecule has 1 amide bonds. The number of hydrogen-bond donors (Lipinski definition) is 3. The van der Waals surface area contributed by atoms with Gasteiger partial charge in [-0.15, -0.1) is 0 Å². The minimum atomic E-state index is -4.17. The van der Waals surface area contributed by atoms with E-state index in [-0.39, 0.29) is 21.4 Å². The second-order valence-corrected chi connectivity index (χ2v) is 6.43. The Labute approximate surface area is 132 Å². The SMILES string of the molecule is COc1cc(NC(C)=O)c(Cl)cc1S(=O)(=O)N[C@@H](C)C(=O)O. The second-order valence-electron chi connectivity index (χ2n) is 4.35. The van der Waals surface area contributed by atoms with Crippen LogP contribution in [0.5, 0.6) is 5.75 Å². The number of carbonyl (C=O) groups excluding carboxylic acids is 1. The summed E-state index contributed by atoms with van der Waals surface area (Å²) in [6.07, 6.45) is 0. The Balaban J connectivity index is 3.32. The molecule has 0 saturated carbocycles. The van der Waals surface area contributed by atoms with Gasteiger partial charge in [-0.05, 0) is 13.0 Å². The van der Waals surface area contributed by atoms with Gasteiger partial charge in [0.25, 0.3) is 0 Å². The topological polar surface area (TPSA) is 122 Å². The van der Waals surface area contributed by atoms with Crippen LogP contribution in [0.25, 0.3) is 0 Å². The summed E-state index contributed by atoms with van der Waals surface area (Å²) in [7, 11) is -2.93. The summed E-state index contributed by atoms with van der Waals surface area (Å²) < 4.78 is 31.4. The van der Waals surface area contributed by atoms with Crippen LogP contribution in [-0.4, -0.2) is 38.6 Å². The molecule has 0 spiro atoms. The average Bonchev–Trinajstić information content (AvgIpc) is 2.39. The van der Waals surface area contributed by atoms with Gasteiger partial charge >= 0.3 is 5.97 Å². The fourth-order valence-corrected chi connectivity index (χ4v) is 3.19. The molecule has 0 aliphatic rings. The Morgan fingerprint density at radius 3 is 2.41 bits per heavy atom. The van der Waals surface area contributed by atoms with E-state index in [1.54, 1.807) is 0 Å². The van der Waals surface area contributed by atoms with Gasteiger partial charge in [0.15, 0.2) is 0 Å².